The van der Waals surface area contributed by atoms with Gasteiger partial charge in [-0.25, -0.2) is 0 Å². The molecule has 1 atom stereocenters. The molecule has 14 heavy (non-hydrogen) atoms. The lowest BCUT2D eigenvalue weighted by molar-refractivity contribution is 0.101. The second kappa shape index (κ2) is 5.12. The van der Waals surface area contributed by atoms with Crippen molar-refractivity contribution in [2.24, 2.45) is 0 Å². The van der Waals surface area contributed by atoms with E-state index in [4.69, 9.17) is 5.11 Å². The third kappa shape index (κ3) is 3.12. The standard InChI is InChI=1S/C10H13NO2S/c1-7(6-12)14-9-3-4-10(8(2)13)11-5-9/h3-5,7,12H,6H2,1-2H3. The summed E-state index contributed by atoms with van der Waals surface area (Å²) in [5, 5.41) is 9.00. The van der Waals surface area contributed by atoms with Gasteiger partial charge in [-0.15, -0.1) is 11.8 Å². The number of thioether (sulfide) groups is 1. The Bertz CT molecular complexity index is 310. The van der Waals surface area contributed by atoms with Crippen LogP contribution in [0.1, 0.15) is 24.3 Å². The van der Waals surface area contributed by atoms with Crippen LogP contribution in [0.2, 0.25) is 0 Å². The van der Waals surface area contributed by atoms with Crippen LogP contribution in [-0.2, 0) is 0 Å². The minimum Gasteiger partial charge on any atom is -0.395 e. The summed E-state index contributed by atoms with van der Waals surface area (Å²) in [5.74, 6) is -0.0308. The summed E-state index contributed by atoms with van der Waals surface area (Å²) in [4.78, 5) is 15.9. The molecule has 4 heteroatoms. The molecule has 0 saturated carbocycles. The molecule has 1 rings (SSSR count). The summed E-state index contributed by atoms with van der Waals surface area (Å²) in [6.45, 7) is 3.56. The number of aliphatic hydroxyl groups is 1. The Kier molecular flexibility index (Phi) is 4.10. The first-order chi connectivity index (χ1) is 6.63. The molecule has 76 valence electrons. The topological polar surface area (TPSA) is 50.2 Å². The second-order valence-corrected chi connectivity index (χ2v) is 4.56. The predicted molar refractivity (Wildman–Crippen MR) is 56.6 cm³/mol. The van der Waals surface area contributed by atoms with Crippen LogP contribution >= 0.6 is 11.8 Å². The van der Waals surface area contributed by atoms with E-state index < -0.39 is 0 Å². The van der Waals surface area contributed by atoms with Gasteiger partial charge in [0.15, 0.2) is 5.78 Å². The number of Topliss-reactive ketones (excluding diaryl/α,β-unsaturated/α-hetero) is 1. The van der Waals surface area contributed by atoms with E-state index in [0.29, 0.717) is 5.69 Å². The van der Waals surface area contributed by atoms with Crippen LogP contribution in [0.25, 0.3) is 0 Å². The van der Waals surface area contributed by atoms with Gasteiger partial charge in [0, 0.05) is 23.3 Å². The summed E-state index contributed by atoms with van der Waals surface area (Å²) in [6, 6.07) is 3.55. The first kappa shape index (κ1) is 11.2. The van der Waals surface area contributed by atoms with E-state index in [1.54, 1.807) is 24.0 Å². The highest BCUT2D eigenvalue weighted by molar-refractivity contribution is 8.00. The van der Waals surface area contributed by atoms with Crippen LogP contribution in [-0.4, -0.2) is 27.7 Å². The molecule has 0 fully saturated rings. The normalized spacial score (nSPS) is 12.5. The zero-order chi connectivity index (χ0) is 10.6. The molecule has 0 aromatic carbocycles. The lowest BCUT2D eigenvalue weighted by atomic mass is 10.3. The van der Waals surface area contributed by atoms with Gasteiger partial charge in [0.25, 0.3) is 0 Å². The van der Waals surface area contributed by atoms with Crippen LogP contribution in [0.3, 0.4) is 0 Å². The zero-order valence-electron chi connectivity index (χ0n) is 8.23. The Morgan fingerprint density at radius 1 is 1.64 bits per heavy atom. The third-order valence-corrected chi connectivity index (χ3v) is 2.76. The molecule has 0 saturated heterocycles. The molecule has 0 radical (unpaired) electrons. The summed E-state index contributed by atoms with van der Waals surface area (Å²) < 4.78 is 0. The average Bonchev–Trinajstić information content (AvgIpc) is 2.18. The summed E-state index contributed by atoms with van der Waals surface area (Å²) in [7, 11) is 0. The molecule has 1 unspecified atom stereocenters. The Morgan fingerprint density at radius 3 is 2.79 bits per heavy atom. The van der Waals surface area contributed by atoms with E-state index in [1.807, 2.05) is 13.0 Å². The van der Waals surface area contributed by atoms with Crippen LogP contribution in [0.5, 0.6) is 0 Å². The summed E-state index contributed by atoms with van der Waals surface area (Å²) >= 11 is 1.54. The number of aromatic nitrogens is 1. The molecule has 0 aliphatic heterocycles. The fourth-order valence-electron chi connectivity index (χ4n) is 0.928. The van der Waals surface area contributed by atoms with Gasteiger partial charge in [-0.2, -0.15) is 0 Å². The molecule has 0 aliphatic carbocycles. The Balaban J connectivity index is 2.68. The molecular formula is C10H13NO2S. The molecule has 0 aliphatic rings. The lowest BCUT2D eigenvalue weighted by Crippen LogP contribution is -2.02. The summed E-state index contributed by atoms with van der Waals surface area (Å²) in [5.41, 5.74) is 0.478. The van der Waals surface area contributed by atoms with Crippen molar-refractivity contribution < 1.29 is 9.90 Å². The molecule has 1 N–H and O–H groups in total. The third-order valence-electron chi connectivity index (χ3n) is 1.69. The first-order valence-corrected chi connectivity index (χ1v) is 5.26. The van der Waals surface area contributed by atoms with E-state index in [9.17, 15) is 4.79 Å². The van der Waals surface area contributed by atoms with E-state index in [-0.39, 0.29) is 17.6 Å². The number of rotatable bonds is 4. The molecule has 0 spiro atoms. The zero-order valence-corrected chi connectivity index (χ0v) is 9.04. The highest BCUT2D eigenvalue weighted by Crippen LogP contribution is 2.21. The SMILES string of the molecule is CC(=O)c1ccc(SC(C)CO)cn1. The predicted octanol–water partition coefficient (Wildman–Crippen LogP) is 1.76. The highest BCUT2D eigenvalue weighted by Gasteiger charge is 2.04. The van der Waals surface area contributed by atoms with Crippen molar-refractivity contribution in [3.05, 3.63) is 24.0 Å². The van der Waals surface area contributed by atoms with Gasteiger partial charge < -0.3 is 5.11 Å². The van der Waals surface area contributed by atoms with E-state index in [1.165, 1.54) is 6.92 Å². The lowest BCUT2D eigenvalue weighted by Gasteiger charge is -2.06. The number of hydrogen-bond donors (Lipinski definition) is 1. The molecule has 1 aromatic rings. The Labute approximate surface area is 87.6 Å². The number of pyridine rings is 1. The van der Waals surface area contributed by atoms with Crippen LogP contribution < -0.4 is 0 Å². The van der Waals surface area contributed by atoms with Gasteiger partial charge in [-0.05, 0) is 12.1 Å². The Morgan fingerprint density at radius 2 is 2.36 bits per heavy atom. The largest absolute Gasteiger partial charge is 0.395 e. The minimum atomic E-state index is -0.0308. The van der Waals surface area contributed by atoms with Gasteiger partial charge in [0.05, 0.1) is 6.61 Å². The van der Waals surface area contributed by atoms with Crippen molar-refractivity contribution >= 4 is 17.5 Å². The van der Waals surface area contributed by atoms with Crippen LogP contribution in [0.15, 0.2) is 23.2 Å². The second-order valence-electron chi connectivity index (χ2n) is 3.05. The van der Waals surface area contributed by atoms with Gasteiger partial charge >= 0.3 is 0 Å². The van der Waals surface area contributed by atoms with E-state index >= 15 is 0 Å². The monoisotopic (exact) mass is 211 g/mol. The van der Waals surface area contributed by atoms with Crippen LogP contribution in [0, 0.1) is 0 Å². The van der Waals surface area contributed by atoms with Gasteiger partial charge in [0.1, 0.15) is 5.69 Å². The maximum absolute atomic E-state index is 10.9. The average molecular weight is 211 g/mol. The maximum Gasteiger partial charge on any atom is 0.178 e. The van der Waals surface area contributed by atoms with Gasteiger partial charge in [0.2, 0.25) is 0 Å². The fraction of sp³-hybridized carbons (Fsp3) is 0.400. The van der Waals surface area contributed by atoms with Crippen molar-refractivity contribution in [1.29, 1.82) is 0 Å². The molecule has 1 aromatic heterocycles. The number of ketones is 1. The van der Waals surface area contributed by atoms with Crippen molar-refractivity contribution in [2.75, 3.05) is 6.61 Å². The number of carbonyl (C=O) groups is 1. The van der Waals surface area contributed by atoms with Gasteiger partial charge in [-0.3, -0.25) is 9.78 Å². The van der Waals surface area contributed by atoms with Crippen molar-refractivity contribution in [3.8, 4) is 0 Å². The summed E-state index contributed by atoms with van der Waals surface area (Å²) in [6.07, 6.45) is 1.66. The van der Waals surface area contributed by atoms with Crippen LogP contribution in [0.4, 0.5) is 0 Å². The van der Waals surface area contributed by atoms with E-state index in [0.717, 1.165) is 4.90 Å². The van der Waals surface area contributed by atoms with Crippen molar-refractivity contribution in [3.63, 3.8) is 0 Å². The highest BCUT2D eigenvalue weighted by atomic mass is 32.2. The number of nitrogens with zero attached hydrogens (tertiary/aromatic N) is 1. The van der Waals surface area contributed by atoms with Crippen molar-refractivity contribution in [1.82, 2.24) is 4.98 Å². The molecule has 3 nitrogen and oxygen atoms in total. The molecule has 0 amide bonds. The van der Waals surface area contributed by atoms with Gasteiger partial charge in [-0.1, -0.05) is 6.92 Å². The van der Waals surface area contributed by atoms with Crippen molar-refractivity contribution in [2.45, 2.75) is 24.0 Å². The molecule has 0 bridgehead atoms. The number of hydrogen-bond acceptors (Lipinski definition) is 4. The maximum atomic E-state index is 10.9. The first-order valence-electron chi connectivity index (χ1n) is 4.38. The quantitative estimate of drug-likeness (QED) is 0.609. The Hall–Kier alpha value is -0.870. The number of aliphatic hydroxyl groups excluding tert-OH is 1. The number of carbonyl (C=O) groups excluding carboxylic acids is 1. The smallest absolute Gasteiger partial charge is 0.178 e. The minimum absolute atomic E-state index is 0.0308. The molecular weight excluding hydrogens is 198 g/mol. The molecule has 1 heterocycles. The van der Waals surface area contributed by atoms with E-state index in [2.05, 4.69) is 4.98 Å². The fourth-order valence-corrected chi connectivity index (χ4v) is 1.73.